The van der Waals surface area contributed by atoms with Gasteiger partial charge in [-0.25, -0.2) is 0 Å². The van der Waals surface area contributed by atoms with E-state index in [1.54, 1.807) is 11.2 Å². The molecular weight excluding hydrogens is 310 g/mol. The Morgan fingerprint density at radius 3 is 2.96 bits per heavy atom. The SMILES string of the molecule is Cc1cc(Cl)ccc1C1CCCN(C(=O)C2=CN(C)NC=C2)C1. The highest BCUT2D eigenvalue weighted by Crippen LogP contribution is 2.31. The van der Waals surface area contributed by atoms with Crippen molar-refractivity contribution in [2.45, 2.75) is 25.7 Å². The Hall–Kier alpha value is -1.94. The molecule has 2 heterocycles. The van der Waals surface area contributed by atoms with E-state index in [1.165, 1.54) is 11.1 Å². The van der Waals surface area contributed by atoms with Gasteiger partial charge in [0, 0.05) is 43.5 Å². The van der Waals surface area contributed by atoms with Crippen LogP contribution < -0.4 is 5.43 Å². The van der Waals surface area contributed by atoms with Crippen LogP contribution in [0.5, 0.6) is 0 Å². The first-order chi connectivity index (χ1) is 11.0. The first-order valence-electron chi connectivity index (χ1n) is 7.97. The van der Waals surface area contributed by atoms with Crippen LogP contribution in [-0.2, 0) is 4.79 Å². The average molecular weight is 332 g/mol. The van der Waals surface area contributed by atoms with Crippen LogP contribution >= 0.6 is 11.6 Å². The Balaban J connectivity index is 1.75. The Morgan fingerprint density at radius 1 is 1.39 bits per heavy atom. The molecule has 0 aromatic heterocycles. The van der Waals surface area contributed by atoms with Crippen LogP contribution in [0.15, 0.2) is 42.2 Å². The maximum Gasteiger partial charge on any atom is 0.255 e. The quantitative estimate of drug-likeness (QED) is 0.904. The highest BCUT2D eigenvalue weighted by molar-refractivity contribution is 6.30. The largest absolute Gasteiger partial charge is 0.338 e. The van der Waals surface area contributed by atoms with Gasteiger partial charge in [-0.15, -0.1) is 0 Å². The number of rotatable bonds is 2. The number of nitrogens with zero attached hydrogens (tertiary/aromatic N) is 2. The van der Waals surface area contributed by atoms with Crippen molar-refractivity contribution in [1.82, 2.24) is 15.3 Å². The summed E-state index contributed by atoms with van der Waals surface area (Å²) in [5.74, 6) is 0.486. The van der Waals surface area contributed by atoms with Gasteiger partial charge in [0.25, 0.3) is 5.91 Å². The lowest BCUT2D eigenvalue weighted by atomic mass is 9.87. The van der Waals surface area contributed by atoms with Crippen LogP contribution in [0.1, 0.15) is 29.9 Å². The van der Waals surface area contributed by atoms with Crippen molar-refractivity contribution in [1.29, 1.82) is 0 Å². The van der Waals surface area contributed by atoms with Crippen LogP contribution in [0, 0.1) is 6.92 Å². The summed E-state index contributed by atoms with van der Waals surface area (Å²) in [5.41, 5.74) is 6.24. The minimum atomic E-state index is 0.103. The van der Waals surface area contributed by atoms with E-state index in [9.17, 15) is 4.79 Å². The smallest absolute Gasteiger partial charge is 0.255 e. The van der Waals surface area contributed by atoms with Crippen molar-refractivity contribution in [3.63, 3.8) is 0 Å². The van der Waals surface area contributed by atoms with Crippen LogP contribution in [-0.4, -0.2) is 36.0 Å². The number of hydrogen-bond donors (Lipinski definition) is 1. The normalized spacial score (nSPS) is 21.0. The fourth-order valence-electron chi connectivity index (χ4n) is 3.36. The molecule has 1 saturated heterocycles. The number of piperidine rings is 1. The topological polar surface area (TPSA) is 35.6 Å². The van der Waals surface area contributed by atoms with Crippen molar-refractivity contribution in [2.24, 2.45) is 0 Å². The van der Waals surface area contributed by atoms with Crippen LogP contribution in [0.2, 0.25) is 5.02 Å². The van der Waals surface area contributed by atoms with Gasteiger partial charge in [0.15, 0.2) is 0 Å². The second kappa shape index (κ2) is 6.67. The molecule has 0 aliphatic carbocycles. The summed E-state index contributed by atoms with van der Waals surface area (Å²) in [5, 5.41) is 2.56. The molecule has 122 valence electrons. The second-order valence-corrected chi connectivity index (χ2v) is 6.69. The van der Waals surface area contributed by atoms with Crippen LogP contribution in [0.3, 0.4) is 0 Å². The van der Waals surface area contributed by atoms with Crippen LogP contribution in [0.25, 0.3) is 0 Å². The third kappa shape index (κ3) is 3.53. The van der Waals surface area contributed by atoms with Gasteiger partial charge in [-0.3, -0.25) is 9.80 Å². The van der Waals surface area contributed by atoms with Crippen molar-refractivity contribution in [2.75, 3.05) is 20.1 Å². The molecule has 0 spiro atoms. The molecule has 1 aromatic carbocycles. The molecule has 0 bridgehead atoms. The Bertz CT molecular complexity index is 668. The zero-order valence-electron chi connectivity index (χ0n) is 13.6. The highest BCUT2D eigenvalue weighted by atomic mass is 35.5. The molecule has 1 amide bonds. The van der Waals surface area contributed by atoms with Crippen LogP contribution in [0.4, 0.5) is 0 Å². The zero-order chi connectivity index (χ0) is 16.4. The number of nitrogens with one attached hydrogen (secondary N) is 1. The molecule has 0 radical (unpaired) electrons. The first kappa shape index (κ1) is 15.9. The van der Waals surface area contributed by atoms with E-state index >= 15 is 0 Å². The number of hydrazine groups is 1. The van der Waals surface area contributed by atoms with Gasteiger partial charge in [0.1, 0.15) is 0 Å². The molecular formula is C18H22ClN3O. The van der Waals surface area contributed by atoms with E-state index in [1.807, 2.05) is 36.4 Å². The minimum Gasteiger partial charge on any atom is -0.338 e. The Morgan fingerprint density at radius 2 is 2.22 bits per heavy atom. The van der Waals surface area contributed by atoms with Crippen molar-refractivity contribution < 1.29 is 4.79 Å². The molecule has 2 aliphatic heterocycles. The molecule has 2 aliphatic rings. The summed E-state index contributed by atoms with van der Waals surface area (Å²) in [6.45, 7) is 3.68. The van der Waals surface area contributed by atoms with Crippen molar-refractivity contribution in [3.05, 3.63) is 58.4 Å². The summed E-state index contributed by atoms with van der Waals surface area (Å²) in [6, 6.07) is 6.05. The summed E-state index contributed by atoms with van der Waals surface area (Å²) >= 11 is 6.06. The molecule has 1 unspecified atom stereocenters. The van der Waals surface area contributed by atoms with E-state index in [2.05, 4.69) is 18.4 Å². The first-order valence-corrected chi connectivity index (χ1v) is 8.35. The number of aryl methyl sites for hydroxylation is 1. The lowest BCUT2D eigenvalue weighted by molar-refractivity contribution is -0.128. The number of carbonyl (C=O) groups excluding carboxylic acids is 1. The van der Waals surface area contributed by atoms with Gasteiger partial charge in [-0.1, -0.05) is 17.7 Å². The van der Waals surface area contributed by atoms with E-state index in [0.29, 0.717) is 5.92 Å². The van der Waals surface area contributed by atoms with E-state index in [4.69, 9.17) is 11.6 Å². The Labute approximate surface area is 142 Å². The molecule has 4 nitrogen and oxygen atoms in total. The summed E-state index contributed by atoms with van der Waals surface area (Å²) < 4.78 is 0. The third-order valence-electron chi connectivity index (χ3n) is 4.50. The average Bonchev–Trinajstić information content (AvgIpc) is 2.54. The lowest BCUT2D eigenvalue weighted by Crippen LogP contribution is -2.41. The molecule has 3 rings (SSSR count). The number of hydrogen-bond acceptors (Lipinski definition) is 3. The monoisotopic (exact) mass is 331 g/mol. The number of likely N-dealkylation sites (tertiary alicyclic amines) is 1. The van der Waals surface area contributed by atoms with Gasteiger partial charge in [0.05, 0.1) is 5.57 Å². The third-order valence-corrected chi connectivity index (χ3v) is 4.74. The maximum absolute atomic E-state index is 12.7. The highest BCUT2D eigenvalue weighted by Gasteiger charge is 2.27. The summed E-state index contributed by atoms with van der Waals surface area (Å²) in [4.78, 5) is 14.7. The number of benzene rings is 1. The molecule has 1 aromatic rings. The van der Waals surface area contributed by atoms with E-state index < -0.39 is 0 Å². The van der Waals surface area contributed by atoms with Crippen molar-refractivity contribution >= 4 is 17.5 Å². The molecule has 1 N–H and O–H groups in total. The summed E-state index contributed by atoms with van der Waals surface area (Å²) in [6.07, 6.45) is 7.60. The van der Waals surface area contributed by atoms with Gasteiger partial charge in [-0.05, 0) is 49.1 Å². The standard InChI is InChI=1S/C18H22ClN3O/c1-13-10-16(19)5-6-17(13)14-4-3-9-22(12-14)18(23)15-7-8-20-21(2)11-15/h5-8,10-11,14,20H,3-4,9,12H2,1-2H3. The second-order valence-electron chi connectivity index (χ2n) is 6.25. The predicted molar refractivity (Wildman–Crippen MR) is 92.9 cm³/mol. The molecule has 0 saturated carbocycles. The minimum absolute atomic E-state index is 0.103. The molecule has 1 fully saturated rings. The van der Waals surface area contributed by atoms with Gasteiger partial charge >= 0.3 is 0 Å². The molecule has 1 atom stereocenters. The molecule has 23 heavy (non-hydrogen) atoms. The number of carbonyl (C=O) groups is 1. The van der Waals surface area contributed by atoms with Gasteiger partial charge < -0.3 is 10.3 Å². The lowest BCUT2D eigenvalue weighted by Gasteiger charge is -2.34. The predicted octanol–water partition coefficient (Wildman–Crippen LogP) is 3.20. The number of amides is 1. The molecule has 5 heteroatoms. The summed E-state index contributed by atoms with van der Waals surface area (Å²) in [7, 11) is 1.88. The maximum atomic E-state index is 12.7. The Kier molecular flexibility index (Phi) is 4.62. The fraction of sp³-hybridized carbons (Fsp3) is 0.389. The fourth-order valence-corrected chi connectivity index (χ4v) is 3.58. The van der Waals surface area contributed by atoms with Crippen molar-refractivity contribution in [3.8, 4) is 0 Å². The van der Waals surface area contributed by atoms with Gasteiger partial charge in [-0.2, -0.15) is 0 Å². The van der Waals surface area contributed by atoms with E-state index in [-0.39, 0.29) is 5.91 Å². The van der Waals surface area contributed by atoms with E-state index in [0.717, 1.165) is 36.5 Å². The zero-order valence-corrected chi connectivity index (χ0v) is 14.3. The number of halogens is 1. The van der Waals surface area contributed by atoms with Gasteiger partial charge in [0.2, 0.25) is 0 Å².